The normalized spacial score (nSPS) is 9.42. The number of carbonyl (C=O) groups excluding carboxylic acids is 1. The van der Waals surface area contributed by atoms with Gasteiger partial charge in [0.15, 0.2) is 0 Å². The number of hydrogen-bond acceptors (Lipinski definition) is 3. The van der Waals surface area contributed by atoms with E-state index in [4.69, 9.17) is 0 Å². The van der Waals surface area contributed by atoms with Gasteiger partial charge in [-0.15, -0.1) is 11.3 Å². The zero-order valence-corrected chi connectivity index (χ0v) is 7.65. The van der Waals surface area contributed by atoms with Crippen molar-refractivity contribution in [3.05, 3.63) is 28.7 Å². The molecule has 0 aromatic carbocycles. The molecule has 12 heavy (non-hydrogen) atoms. The lowest BCUT2D eigenvalue weighted by Crippen LogP contribution is -2.19. The highest BCUT2D eigenvalue weighted by Crippen LogP contribution is 2.10. The Morgan fingerprint density at radius 3 is 3.17 bits per heavy atom. The lowest BCUT2D eigenvalue weighted by atomic mass is 10.5. The van der Waals surface area contributed by atoms with Gasteiger partial charge in [-0.25, -0.2) is 4.98 Å². The van der Waals surface area contributed by atoms with E-state index < -0.39 is 0 Å². The molecule has 0 unspecified atom stereocenters. The summed E-state index contributed by atoms with van der Waals surface area (Å²) in [6.45, 7) is 5.82. The molecule has 3 nitrogen and oxygen atoms in total. The lowest BCUT2D eigenvalue weighted by molar-refractivity contribution is -0.116. The molecule has 1 N–H and O–H groups in total. The monoisotopic (exact) mass is 182 g/mol. The van der Waals surface area contributed by atoms with E-state index in [0.29, 0.717) is 6.54 Å². The molecule has 0 aliphatic rings. The molecule has 0 aliphatic carbocycles. The second-order valence-electron chi connectivity index (χ2n) is 2.29. The van der Waals surface area contributed by atoms with Crippen molar-refractivity contribution in [3.63, 3.8) is 0 Å². The smallest absolute Gasteiger partial charge is 0.243 e. The van der Waals surface area contributed by atoms with Gasteiger partial charge in [0, 0.05) is 11.1 Å². The quantitative estimate of drug-likeness (QED) is 0.715. The molecule has 0 spiro atoms. The molecule has 0 radical (unpaired) electrons. The van der Waals surface area contributed by atoms with Crippen molar-refractivity contribution in [1.29, 1.82) is 0 Å². The van der Waals surface area contributed by atoms with Crippen LogP contribution < -0.4 is 5.32 Å². The number of nitrogens with zero attached hydrogens (tertiary/aromatic N) is 1. The number of rotatable bonds is 3. The first-order valence-corrected chi connectivity index (χ1v) is 4.35. The average Bonchev–Trinajstić information content (AvgIpc) is 2.47. The van der Waals surface area contributed by atoms with Crippen LogP contribution in [0.5, 0.6) is 0 Å². The van der Waals surface area contributed by atoms with Crippen LogP contribution in [0.1, 0.15) is 9.88 Å². The van der Waals surface area contributed by atoms with Gasteiger partial charge in [0.25, 0.3) is 0 Å². The van der Waals surface area contributed by atoms with Crippen LogP contribution in [0, 0.1) is 6.92 Å². The maximum Gasteiger partial charge on any atom is 0.243 e. The number of carbonyl (C=O) groups is 1. The van der Waals surface area contributed by atoms with E-state index in [0.717, 1.165) is 9.88 Å². The summed E-state index contributed by atoms with van der Waals surface area (Å²) in [5.41, 5.74) is 0. The van der Waals surface area contributed by atoms with E-state index in [-0.39, 0.29) is 5.91 Å². The third-order valence-electron chi connectivity index (χ3n) is 1.27. The van der Waals surface area contributed by atoms with Crippen molar-refractivity contribution < 1.29 is 4.79 Å². The minimum Gasteiger partial charge on any atom is -0.346 e. The molecule has 0 saturated carbocycles. The highest BCUT2D eigenvalue weighted by molar-refractivity contribution is 7.11. The maximum atomic E-state index is 10.7. The Balaban J connectivity index is 2.43. The van der Waals surface area contributed by atoms with Gasteiger partial charge in [0.05, 0.1) is 6.54 Å². The molecule has 1 rings (SSSR count). The summed E-state index contributed by atoms with van der Waals surface area (Å²) in [5.74, 6) is -0.164. The fourth-order valence-electron chi connectivity index (χ4n) is 0.718. The minimum atomic E-state index is -0.164. The van der Waals surface area contributed by atoms with Crippen LogP contribution in [0.4, 0.5) is 0 Å². The number of nitrogens with one attached hydrogen (secondary N) is 1. The SMILES string of the molecule is C=CC(=O)NCc1ncc(C)s1. The Kier molecular flexibility index (Phi) is 2.99. The highest BCUT2D eigenvalue weighted by atomic mass is 32.1. The lowest BCUT2D eigenvalue weighted by Gasteiger charge is -1.96. The summed E-state index contributed by atoms with van der Waals surface area (Å²) in [5, 5.41) is 3.57. The molecule has 1 aromatic heterocycles. The van der Waals surface area contributed by atoms with Gasteiger partial charge in [-0.2, -0.15) is 0 Å². The summed E-state index contributed by atoms with van der Waals surface area (Å²) in [6, 6.07) is 0. The molecule has 0 atom stereocenters. The molecule has 1 heterocycles. The largest absolute Gasteiger partial charge is 0.346 e. The van der Waals surface area contributed by atoms with Gasteiger partial charge in [0.2, 0.25) is 5.91 Å². The van der Waals surface area contributed by atoms with E-state index in [9.17, 15) is 4.79 Å². The van der Waals surface area contributed by atoms with E-state index in [1.54, 1.807) is 17.5 Å². The fourth-order valence-corrected chi connectivity index (χ4v) is 1.44. The van der Waals surface area contributed by atoms with Gasteiger partial charge in [-0.3, -0.25) is 4.79 Å². The van der Waals surface area contributed by atoms with Gasteiger partial charge < -0.3 is 5.32 Å². The molecule has 0 aliphatic heterocycles. The third-order valence-corrected chi connectivity index (χ3v) is 2.18. The Hall–Kier alpha value is -1.16. The van der Waals surface area contributed by atoms with Crippen molar-refractivity contribution in [3.8, 4) is 0 Å². The van der Waals surface area contributed by atoms with Crippen molar-refractivity contribution in [2.45, 2.75) is 13.5 Å². The van der Waals surface area contributed by atoms with Crippen molar-refractivity contribution in [2.75, 3.05) is 0 Å². The van der Waals surface area contributed by atoms with Crippen molar-refractivity contribution in [1.82, 2.24) is 10.3 Å². The summed E-state index contributed by atoms with van der Waals surface area (Å²) in [7, 11) is 0. The zero-order valence-electron chi connectivity index (χ0n) is 6.83. The molecular formula is C8H10N2OS. The number of aromatic nitrogens is 1. The minimum absolute atomic E-state index is 0.164. The molecular weight excluding hydrogens is 172 g/mol. The molecule has 0 bridgehead atoms. The van der Waals surface area contributed by atoms with Crippen LogP contribution in [0.25, 0.3) is 0 Å². The summed E-state index contributed by atoms with van der Waals surface area (Å²) >= 11 is 1.58. The van der Waals surface area contributed by atoms with Crippen molar-refractivity contribution >= 4 is 17.2 Å². The van der Waals surface area contributed by atoms with Gasteiger partial charge >= 0.3 is 0 Å². The number of aryl methyl sites for hydroxylation is 1. The van der Waals surface area contributed by atoms with E-state index >= 15 is 0 Å². The second kappa shape index (κ2) is 4.01. The second-order valence-corrected chi connectivity index (χ2v) is 3.61. The van der Waals surface area contributed by atoms with E-state index in [1.807, 2.05) is 6.92 Å². The Bertz CT molecular complexity index is 293. The molecule has 1 aromatic rings. The van der Waals surface area contributed by atoms with Crippen LogP contribution >= 0.6 is 11.3 Å². The summed E-state index contributed by atoms with van der Waals surface area (Å²) in [6.07, 6.45) is 3.04. The number of hydrogen-bond donors (Lipinski definition) is 1. The zero-order chi connectivity index (χ0) is 8.97. The maximum absolute atomic E-state index is 10.7. The van der Waals surface area contributed by atoms with Crippen LogP contribution in [0.2, 0.25) is 0 Å². The first kappa shape index (κ1) is 8.93. The number of thiazole rings is 1. The standard InChI is InChI=1S/C8H10N2OS/c1-3-7(11)9-5-8-10-4-6(2)12-8/h3-4H,1,5H2,2H3,(H,9,11). The van der Waals surface area contributed by atoms with Gasteiger partial charge in [0.1, 0.15) is 5.01 Å². The van der Waals surface area contributed by atoms with Crippen LogP contribution in [0.3, 0.4) is 0 Å². The Morgan fingerprint density at radius 2 is 2.67 bits per heavy atom. The molecule has 0 saturated heterocycles. The Morgan fingerprint density at radius 1 is 1.92 bits per heavy atom. The summed E-state index contributed by atoms with van der Waals surface area (Å²) < 4.78 is 0. The third kappa shape index (κ3) is 2.47. The highest BCUT2D eigenvalue weighted by Gasteiger charge is 1.99. The first-order valence-electron chi connectivity index (χ1n) is 3.54. The topological polar surface area (TPSA) is 42.0 Å². The van der Waals surface area contributed by atoms with Crippen LogP contribution in [0.15, 0.2) is 18.9 Å². The Labute approximate surface area is 75.1 Å². The van der Waals surface area contributed by atoms with E-state index in [1.165, 1.54) is 6.08 Å². The average molecular weight is 182 g/mol. The predicted molar refractivity (Wildman–Crippen MR) is 48.9 cm³/mol. The van der Waals surface area contributed by atoms with Crippen LogP contribution in [-0.4, -0.2) is 10.9 Å². The predicted octanol–water partition coefficient (Wildman–Crippen LogP) is 1.25. The van der Waals surface area contributed by atoms with Crippen molar-refractivity contribution in [2.24, 2.45) is 0 Å². The van der Waals surface area contributed by atoms with Crippen LogP contribution in [-0.2, 0) is 11.3 Å². The van der Waals surface area contributed by atoms with Gasteiger partial charge in [-0.1, -0.05) is 6.58 Å². The number of amides is 1. The summed E-state index contributed by atoms with van der Waals surface area (Å²) in [4.78, 5) is 16.0. The van der Waals surface area contributed by atoms with E-state index in [2.05, 4.69) is 16.9 Å². The molecule has 4 heteroatoms. The molecule has 1 amide bonds. The van der Waals surface area contributed by atoms with Gasteiger partial charge in [-0.05, 0) is 13.0 Å². The molecule has 0 fully saturated rings. The fraction of sp³-hybridized carbons (Fsp3) is 0.250. The first-order chi connectivity index (χ1) is 5.72. The molecule has 64 valence electrons.